The van der Waals surface area contributed by atoms with Crippen molar-refractivity contribution in [3.63, 3.8) is 0 Å². The molecule has 0 aromatic rings. The molecule has 1 unspecified atom stereocenters. The van der Waals surface area contributed by atoms with E-state index in [0.29, 0.717) is 12.8 Å². The molecule has 7 heteroatoms. The summed E-state index contributed by atoms with van der Waals surface area (Å²) in [6, 6.07) is 0. The molecule has 0 aliphatic heterocycles. The first-order valence-corrected chi connectivity index (χ1v) is 14.7. The smallest absolute Gasteiger partial charge is 0.315 e. The maximum atomic E-state index is 13.6. The largest absolute Gasteiger partial charge is 0.468 e. The molecule has 7 nitrogen and oxygen atoms in total. The fraction of sp³-hybridized carbons (Fsp3) is 0.676. The van der Waals surface area contributed by atoms with Crippen LogP contribution >= 0.6 is 0 Å². The van der Waals surface area contributed by atoms with Crippen LogP contribution in [0.5, 0.6) is 0 Å². The van der Waals surface area contributed by atoms with Crippen LogP contribution in [0.1, 0.15) is 87.5 Å². The fourth-order valence-corrected chi connectivity index (χ4v) is 8.45. The Bertz CT molecular complexity index is 1170. The summed E-state index contributed by atoms with van der Waals surface area (Å²) in [4.78, 5) is 38.9. The zero-order valence-electron chi connectivity index (χ0n) is 26.6. The van der Waals surface area contributed by atoms with Gasteiger partial charge in [-0.15, -0.1) is 0 Å². The molecule has 0 aromatic carbocycles. The Labute approximate surface area is 246 Å². The minimum absolute atomic E-state index is 0.0705. The monoisotopic (exact) mass is 570 g/mol. The number of hydrogen-bond acceptors (Lipinski definition) is 7. The predicted octanol–water partition coefficient (Wildman–Crippen LogP) is 6.06. The zero-order valence-corrected chi connectivity index (χ0v) is 26.6. The minimum atomic E-state index is -0.985. The molecule has 3 saturated carbocycles. The predicted molar refractivity (Wildman–Crippen MR) is 159 cm³/mol. The Balaban J connectivity index is 1.92. The van der Waals surface area contributed by atoms with Gasteiger partial charge in [-0.05, 0) is 83.1 Å². The van der Waals surface area contributed by atoms with Gasteiger partial charge in [-0.1, -0.05) is 49.8 Å². The van der Waals surface area contributed by atoms with Crippen molar-refractivity contribution >= 4 is 17.7 Å². The topological polar surface area (TPSA) is 99.1 Å². The van der Waals surface area contributed by atoms with E-state index in [1.54, 1.807) is 21.0 Å². The normalized spacial score (nSPS) is 36.2. The highest BCUT2D eigenvalue weighted by Gasteiger charge is 2.68. The Kier molecular flexibility index (Phi) is 9.66. The third-order valence-electron chi connectivity index (χ3n) is 10.4. The van der Waals surface area contributed by atoms with E-state index < -0.39 is 29.2 Å². The number of allylic oxidation sites excluding steroid dienone is 7. The van der Waals surface area contributed by atoms with Gasteiger partial charge in [-0.25, -0.2) is 0 Å². The molecule has 3 fully saturated rings. The van der Waals surface area contributed by atoms with Gasteiger partial charge < -0.3 is 19.3 Å². The van der Waals surface area contributed by atoms with Crippen molar-refractivity contribution in [3.8, 4) is 0 Å². The average Bonchev–Trinajstić information content (AvgIpc) is 3.15. The molecule has 41 heavy (non-hydrogen) atoms. The molecule has 228 valence electrons. The van der Waals surface area contributed by atoms with E-state index in [1.807, 2.05) is 51.2 Å². The molecule has 0 amide bonds. The van der Waals surface area contributed by atoms with Crippen LogP contribution in [0.3, 0.4) is 0 Å². The summed E-state index contributed by atoms with van der Waals surface area (Å²) in [7, 11) is 2.96. The van der Waals surface area contributed by atoms with E-state index in [1.165, 1.54) is 14.0 Å². The molecule has 3 rings (SSSR count). The van der Waals surface area contributed by atoms with Crippen molar-refractivity contribution in [1.82, 2.24) is 0 Å². The van der Waals surface area contributed by atoms with Crippen molar-refractivity contribution in [2.75, 3.05) is 14.2 Å². The highest BCUT2D eigenvalue weighted by molar-refractivity contribution is 6.01. The molecule has 0 aromatic heterocycles. The Morgan fingerprint density at radius 2 is 1.68 bits per heavy atom. The first-order valence-electron chi connectivity index (χ1n) is 14.7. The number of ether oxygens (including phenoxy) is 3. The maximum absolute atomic E-state index is 13.6. The van der Waals surface area contributed by atoms with Gasteiger partial charge in [0.2, 0.25) is 0 Å². The van der Waals surface area contributed by atoms with Gasteiger partial charge in [0.15, 0.2) is 5.78 Å². The Morgan fingerprint density at radius 1 is 1.02 bits per heavy atom. The number of hydrogen-bond donors (Lipinski definition) is 1. The Morgan fingerprint density at radius 3 is 2.24 bits per heavy atom. The first kappa shape index (κ1) is 33.0. The van der Waals surface area contributed by atoms with Gasteiger partial charge in [0.05, 0.1) is 12.7 Å². The number of carbonyl (C=O) groups is 3. The number of rotatable bonds is 8. The van der Waals surface area contributed by atoms with Crippen molar-refractivity contribution in [2.24, 2.45) is 28.1 Å². The maximum Gasteiger partial charge on any atom is 0.315 e. The molecule has 0 saturated heterocycles. The average molecular weight is 571 g/mol. The molecule has 1 N–H and O–H groups in total. The van der Waals surface area contributed by atoms with Crippen molar-refractivity contribution in [3.05, 3.63) is 47.1 Å². The van der Waals surface area contributed by atoms with Crippen LogP contribution in [0.25, 0.3) is 0 Å². The highest BCUT2D eigenvalue weighted by atomic mass is 16.6. The minimum Gasteiger partial charge on any atom is -0.468 e. The summed E-state index contributed by atoms with van der Waals surface area (Å²) in [6.45, 7) is 15.1. The van der Waals surface area contributed by atoms with Gasteiger partial charge in [0.1, 0.15) is 17.6 Å². The summed E-state index contributed by atoms with van der Waals surface area (Å²) < 4.78 is 16.4. The second-order valence-electron chi connectivity index (χ2n) is 13.6. The number of carbonyl (C=O) groups excluding carboxylic acids is 3. The van der Waals surface area contributed by atoms with Crippen molar-refractivity contribution < 1.29 is 33.7 Å². The lowest BCUT2D eigenvalue weighted by Gasteiger charge is -2.61. The van der Waals surface area contributed by atoms with Crippen LogP contribution in [0.4, 0.5) is 0 Å². The quantitative estimate of drug-likeness (QED) is 0.215. The van der Waals surface area contributed by atoms with Gasteiger partial charge in [-0.2, -0.15) is 0 Å². The van der Waals surface area contributed by atoms with Crippen LogP contribution in [0.2, 0.25) is 0 Å². The second kappa shape index (κ2) is 12.0. The SMILES string of the molecule is COC(=O)[C@]1(C)[C@@H]2CC[C@]3(C)\C(=C(C)/C=C/C=C(C)/C=C/C(OC)C(C)(C)O)C(=O)C[C@@H]3[C@@]2(C)CC[C@H]1OC(C)=O. The second-order valence-corrected chi connectivity index (χ2v) is 13.6. The lowest BCUT2D eigenvalue weighted by molar-refractivity contribution is -0.206. The summed E-state index contributed by atoms with van der Waals surface area (Å²) in [5, 5.41) is 10.2. The molecular weight excluding hydrogens is 520 g/mol. The van der Waals surface area contributed by atoms with Crippen molar-refractivity contribution in [2.45, 2.75) is 105 Å². The van der Waals surface area contributed by atoms with Crippen LogP contribution in [-0.4, -0.2) is 54.9 Å². The molecule has 7 atom stereocenters. The zero-order chi connectivity index (χ0) is 31.0. The van der Waals surface area contributed by atoms with E-state index in [-0.39, 0.29) is 34.4 Å². The van der Waals surface area contributed by atoms with Gasteiger partial charge in [0, 0.05) is 31.4 Å². The van der Waals surface area contributed by atoms with E-state index in [0.717, 1.165) is 36.0 Å². The highest BCUT2D eigenvalue weighted by Crippen LogP contribution is 2.69. The van der Waals surface area contributed by atoms with E-state index >= 15 is 0 Å². The number of aliphatic hydroxyl groups is 1. The van der Waals surface area contributed by atoms with Crippen LogP contribution < -0.4 is 0 Å². The number of Topliss-reactive ketones (excluding diaryl/α,β-unsaturated/α-hetero) is 1. The number of fused-ring (bicyclic) bond motifs is 3. The lowest BCUT2D eigenvalue weighted by atomic mass is 9.42. The number of methoxy groups -OCH3 is 2. The first-order chi connectivity index (χ1) is 19.0. The van der Waals surface area contributed by atoms with Gasteiger partial charge >= 0.3 is 11.9 Å². The molecule has 3 aliphatic rings. The standard InChI is InChI=1S/C34H50O7/c1-21(14-15-27(39-9)31(4,5)38)12-11-13-22(2)29-24(36)20-26-32(6)19-17-28(41-23(3)35)34(8,30(37)40-10)25(32)16-18-33(26,29)7/h11-15,25-28,38H,16-20H2,1-10H3/b13-11+,15-14+,21-12+,29-22-/t25-,26-,27?,28-,32+,33+,34-/m1/s1. The third kappa shape index (κ3) is 6.03. The van der Waals surface area contributed by atoms with Crippen molar-refractivity contribution in [1.29, 1.82) is 0 Å². The van der Waals surface area contributed by atoms with Crippen LogP contribution in [-0.2, 0) is 28.6 Å². The Hall–Kier alpha value is -2.51. The summed E-state index contributed by atoms with van der Waals surface area (Å²) in [5.41, 5.74) is 0.302. The van der Waals surface area contributed by atoms with Crippen LogP contribution in [0.15, 0.2) is 47.1 Å². The molecule has 0 bridgehead atoms. The van der Waals surface area contributed by atoms with E-state index in [4.69, 9.17) is 14.2 Å². The van der Waals surface area contributed by atoms with E-state index in [9.17, 15) is 19.5 Å². The summed E-state index contributed by atoms with van der Waals surface area (Å²) >= 11 is 0. The van der Waals surface area contributed by atoms with Gasteiger partial charge in [0.25, 0.3) is 0 Å². The number of esters is 2. The molecule has 0 radical (unpaired) electrons. The molecular formula is C34H50O7. The number of ketones is 1. The van der Waals surface area contributed by atoms with Crippen LogP contribution in [0, 0.1) is 28.1 Å². The molecule has 3 aliphatic carbocycles. The summed E-state index contributed by atoms with van der Waals surface area (Å²) in [5.74, 6) is -0.558. The van der Waals surface area contributed by atoms with E-state index in [2.05, 4.69) is 13.8 Å². The third-order valence-corrected chi connectivity index (χ3v) is 10.4. The molecule has 0 heterocycles. The van der Waals surface area contributed by atoms with Gasteiger partial charge in [-0.3, -0.25) is 14.4 Å². The summed E-state index contributed by atoms with van der Waals surface area (Å²) in [6.07, 6.45) is 12.1. The molecule has 0 spiro atoms. The lowest BCUT2D eigenvalue weighted by Crippen LogP contribution is -2.62. The fourth-order valence-electron chi connectivity index (χ4n) is 8.45.